The third-order valence-corrected chi connectivity index (χ3v) is 7.29. The lowest BCUT2D eigenvalue weighted by molar-refractivity contribution is 0.112. The Morgan fingerprint density at radius 2 is 1.96 bits per heavy atom. The predicted molar refractivity (Wildman–Crippen MR) is 97.6 cm³/mol. The van der Waals surface area contributed by atoms with Gasteiger partial charge in [-0.15, -0.1) is 23.1 Å². The van der Waals surface area contributed by atoms with Gasteiger partial charge in [0.05, 0.1) is 9.88 Å². The average Bonchev–Trinajstić information content (AvgIpc) is 3.28. The summed E-state index contributed by atoms with van der Waals surface area (Å²) < 4.78 is 0. The fraction of sp³-hybridized carbons (Fsp3) is 0.474. The van der Waals surface area contributed by atoms with Gasteiger partial charge < -0.3 is 0 Å². The highest BCUT2D eigenvalue weighted by atomic mass is 32.2. The van der Waals surface area contributed by atoms with Crippen LogP contribution in [0.2, 0.25) is 0 Å². The van der Waals surface area contributed by atoms with Gasteiger partial charge in [0.15, 0.2) is 0 Å². The van der Waals surface area contributed by atoms with Gasteiger partial charge >= 0.3 is 0 Å². The summed E-state index contributed by atoms with van der Waals surface area (Å²) in [5, 5.41) is 2.04. The maximum Gasteiger partial charge on any atom is 0.150 e. The van der Waals surface area contributed by atoms with Gasteiger partial charge in [-0.2, -0.15) is 0 Å². The van der Waals surface area contributed by atoms with Gasteiger partial charge in [-0.25, -0.2) is 4.98 Å². The van der Waals surface area contributed by atoms with Crippen molar-refractivity contribution in [2.75, 3.05) is 0 Å². The Bertz CT molecular complexity index is 699. The number of nitrogens with zero attached hydrogens (tertiary/aromatic N) is 1. The Balaban J connectivity index is 1.63. The van der Waals surface area contributed by atoms with E-state index < -0.39 is 0 Å². The molecule has 2 saturated carbocycles. The van der Waals surface area contributed by atoms with Crippen LogP contribution in [0.4, 0.5) is 0 Å². The van der Waals surface area contributed by atoms with Gasteiger partial charge in [-0.1, -0.05) is 31.4 Å². The average molecular weight is 344 g/mol. The summed E-state index contributed by atoms with van der Waals surface area (Å²) in [5.41, 5.74) is 2.03. The smallest absolute Gasteiger partial charge is 0.150 e. The Morgan fingerprint density at radius 1 is 1.13 bits per heavy atom. The molecular weight excluding hydrogens is 322 g/mol. The first-order chi connectivity index (χ1) is 11.3. The molecule has 2 aliphatic carbocycles. The molecule has 2 aromatic rings. The summed E-state index contributed by atoms with van der Waals surface area (Å²) in [6.07, 6.45) is 12.2. The van der Waals surface area contributed by atoms with Gasteiger partial charge in [0.2, 0.25) is 0 Å². The summed E-state index contributed by atoms with van der Waals surface area (Å²) in [4.78, 5) is 18.3. The van der Waals surface area contributed by atoms with Crippen LogP contribution >= 0.6 is 23.1 Å². The molecule has 2 aliphatic rings. The topological polar surface area (TPSA) is 30.0 Å². The number of carbonyl (C=O) groups excluding carboxylic acids is 1. The minimum absolute atomic E-state index is 0.663. The van der Waals surface area contributed by atoms with E-state index in [0.29, 0.717) is 5.92 Å². The lowest BCUT2D eigenvalue weighted by atomic mass is 9.90. The third kappa shape index (κ3) is 3.53. The standard InChI is InChI=1S/C19H21NOS2/c21-12-13-6-9-16(17(10-13)22-15-7-8-15)18-11-20-19(23-18)14-4-2-1-3-5-14/h6,9-12,14-15H,1-5,7-8H2. The molecule has 0 bridgehead atoms. The lowest BCUT2D eigenvalue weighted by Crippen LogP contribution is -2.03. The first kappa shape index (κ1) is 15.4. The molecule has 0 spiro atoms. The van der Waals surface area contributed by atoms with Crippen molar-refractivity contribution >= 4 is 29.4 Å². The summed E-state index contributed by atoms with van der Waals surface area (Å²) in [6.45, 7) is 0. The van der Waals surface area contributed by atoms with Crippen LogP contribution in [0.5, 0.6) is 0 Å². The number of aromatic nitrogens is 1. The van der Waals surface area contributed by atoms with Crippen molar-refractivity contribution in [1.82, 2.24) is 4.98 Å². The van der Waals surface area contributed by atoms with Crippen LogP contribution in [-0.4, -0.2) is 16.5 Å². The summed E-state index contributed by atoms with van der Waals surface area (Å²) >= 11 is 3.78. The first-order valence-electron chi connectivity index (χ1n) is 8.55. The molecule has 1 aromatic heterocycles. The van der Waals surface area contributed by atoms with E-state index in [-0.39, 0.29) is 0 Å². The number of rotatable bonds is 5. The van der Waals surface area contributed by atoms with Crippen molar-refractivity contribution in [3.63, 3.8) is 0 Å². The van der Waals surface area contributed by atoms with Crippen LogP contribution in [0.15, 0.2) is 29.3 Å². The molecule has 0 unspecified atom stereocenters. The molecule has 0 saturated heterocycles. The maximum absolute atomic E-state index is 11.1. The number of thioether (sulfide) groups is 1. The SMILES string of the molecule is O=Cc1ccc(-c2cnc(C3CCCCC3)s2)c(SC2CC2)c1. The molecule has 1 heterocycles. The van der Waals surface area contributed by atoms with E-state index in [1.54, 1.807) is 0 Å². The number of benzene rings is 1. The molecular formula is C19H21NOS2. The van der Waals surface area contributed by atoms with Gasteiger partial charge in [-0.3, -0.25) is 4.79 Å². The highest BCUT2D eigenvalue weighted by Crippen LogP contribution is 2.45. The normalized spacial score (nSPS) is 19.0. The molecule has 2 nitrogen and oxygen atoms in total. The zero-order chi connectivity index (χ0) is 15.6. The minimum atomic E-state index is 0.663. The highest BCUT2D eigenvalue weighted by Gasteiger charge is 2.25. The van der Waals surface area contributed by atoms with E-state index >= 15 is 0 Å². The molecule has 1 aromatic carbocycles. The number of carbonyl (C=O) groups is 1. The molecule has 2 fully saturated rings. The number of hydrogen-bond donors (Lipinski definition) is 0. The Morgan fingerprint density at radius 3 is 2.70 bits per heavy atom. The van der Waals surface area contributed by atoms with Crippen LogP contribution in [0.25, 0.3) is 10.4 Å². The molecule has 0 N–H and O–H groups in total. The summed E-state index contributed by atoms with van der Waals surface area (Å²) in [6, 6.07) is 6.08. The van der Waals surface area contributed by atoms with Crippen molar-refractivity contribution in [1.29, 1.82) is 0 Å². The molecule has 0 atom stereocenters. The Hall–Kier alpha value is -1.13. The van der Waals surface area contributed by atoms with E-state index in [2.05, 4.69) is 6.07 Å². The van der Waals surface area contributed by atoms with Gasteiger partial charge in [0.1, 0.15) is 6.29 Å². The summed E-state index contributed by atoms with van der Waals surface area (Å²) in [7, 11) is 0. The fourth-order valence-corrected chi connectivity index (χ4v) is 5.66. The largest absolute Gasteiger partial charge is 0.298 e. The monoisotopic (exact) mass is 343 g/mol. The van der Waals surface area contributed by atoms with Crippen LogP contribution < -0.4 is 0 Å². The van der Waals surface area contributed by atoms with Crippen molar-refractivity contribution in [2.45, 2.75) is 61.0 Å². The van der Waals surface area contributed by atoms with E-state index in [1.807, 2.05) is 41.4 Å². The molecule has 4 rings (SSSR count). The van der Waals surface area contributed by atoms with E-state index in [4.69, 9.17) is 4.98 Å². The molecule has 0 radical (unpaired) electrons. The van der Waals surface area contributed by atoms with Crippen molar-refractivity contribution in [2.24, 2.45) is 0 Å². The third-order valence-electron chi connectivity index (χ3n) is 4.70. The van der Waals surface area contributed by atoms with Gasteiger partial charge in [-0.05, 0) is 31.7 Å². The first-order valence-corrected chi connectivity index (χ1v) is 10.2. The van der Waals surface area contributed by atoms with Crippen molar-refractivity contribution in [3.8, 4) is 10.4 Å². The highest BCUT2D eigenvalue weighted by molar-refractivity contribution is 8.00. The van der Waals surface area contributed by atoms with Crippen molar-refractivity contribution in [3.05, 3.63) is 35.0 Å². The Labute approximate surface area is 145 Å². The fourth-order valence-electron chi connectivity index (χ4n) is 3.23. The quantitative estimate of drug-likeness (QED) is 0.631. The molecule has 0 aliphatic heterocycles. The maximum atomic E-state index is 11.1. The lowest BCUT2D eigenvalue weighted by Gasteiger charge is -2.18. The van der Waals surface area contributed by atoms with Crippen LogP contribution in [-0.2, 0) is 0 Å². The van der Waals surface area contributed by atoms with E-state index in [9.17, 15) is 4.79 Å². The molecule has 0 amide bonds. The summed E-state index contributed by atoms with van der Waals surface area (Å²) in [5.74, 6) is 0.663. The molecule has 4 heteroatoms. The molecule has 120 valence electrons. The number of hydrogen-bond acceptors (Lipinski definition) is 4. The Kier molecular flexibility index (Phi) is 4.54. The van der Waals surface area contributed by atoms with Crippen LogP contribution in [0.1, 0.15) is 66.2 Å². The second-order valence-electron chi connectivity index (χ2n) is 6.59. The predicted octanol–water partition coefficient (Wildman–Crippen LogP) is 5.92. The minimum Gasteiger partial charge on any atom is -0.298 e. The van der Waals surface area contributed by atoms with Crippen LogP contribution in [0.3, 0.4) is 0 Å². The molecule has 23 heavy (non-hydrogen) atoms. The van der Waals surface area contributed by atoms with Crippen molar-refractivity contribution < 1.29 is 4.79 Å². The second-order valence-corrected chi connectivity index (χ2v) is 8.99. The number of aldehydes is 1. The zero-order valence-corrected chi connectivity index (χ0v) is 14.8. The number of thiazole rings is 1. The zero-order valence-electron chi connectivity index (χ0n) is 13.2. The van der Waals surface area contributed by atoms with E-state index in [1.165, 1.54) is 65.3 Å². The van der Waals surface area contributed by atoms with Gasteiger partial charge in [0, 0.05) is 33.4 Å². The van der Waals surface area contributed by atoms with E-state index in [0.717, 1.165) is 17.1 Å². The second kappa shape index (κ2) is 6.78. The van der Waals surface area contributed by atoms with Gasteiger partial charge in [0.25, 0.3) is 0 Å². The van der Waals surface area contributed by atoms with Crippen LogP contribution in [0, 0.1) is 0 Å².